The normalized spacial score (nSPS) is 24.8. The summed E-state index contributed by atoms with van der Waals surface area (Å²) in [4.78, 5) is 0. The Morgan fingerprint density at radius 1 is 1.11 bits per heavy atom. The first-order valence-electron chi connectivity index (χ1n) is 6.95. The van der Waals surface area contributed by atoms with E-state index in [9.17, 15) is 4.39 Å². The van der Waals surface area contributed by atoms with Crippen molar-refractivity contribution in [2.24, 2.45) is 0 Å². The first-order chi connectivity index (χ1) is 8.80. The van der Waals surface area contributed by atoms with Gasteiger partial charge >= 0.3 is 7.12 Å². The minimum Gasteiger partial charge on any atom is -0.399 e. The molecule has 2 aliphatic rings. The van der Waals surface area contributed by atoms with Crippen molar-refractivity contribution in [3.63, 3.8) is 0 Å². The Labute approximate surface area is 114 Å². The highest BCUT2D eigenvalue weighted by atomic mass is 19.1. The van der Waals surface area contributed by atoms with Crippen molar-refractivity contribution in [3.05, 3.63) is 29.6 Å². The molecule has 1 saturated carbocycles. The van der Waals surface area contributed by atoms with E-state index in [1.165, 1.54) is 6.07 Å². The first kappa shape index (κ1) is 13.1. The molecule has 0 unspecified atom stereocenters. The maximum Gasteiger partial charge on any atom is 0.494 e. The van der Waals surface area contributed by atoms with Gasteiger partial charge in [0.25, 0.3) is 0 Å². The number of rotatable bonds is 2. The standard InChI is InChI=1S/C15H20BFO2/c1-14(2)15(3,4)19-16(18-14)11-7-8-13(17)12(9-11)10-5-6-10/h7-10H,5-6H2,1-4H3. The van der Waals surface area contributed by atoms with Crippen LogP contribution in [0.5, 0.6) is 0 Å². The summed E-state index contributed by atoms with van der Waals surface area (Å²) in [6, 6.07) is 5.21. The zero-order valence-corrected chi connectivity index (χ0v) is 12.0. The zero-order chi connectivity index (χ0) is 13.8. The van der Waals surface area contributed by atoms with Crippen LogP contribution in [0.15, 0.2) is 18.2 Å². The van der Waals surface area contributed by atoms with Crippen LogP contribution in [0.2, 0.25) is 0 Å². The molecule has 0 amide bonds. The number of hydrogen-bond donors (Lipinski definition) is 0. The second kappa shape index (κ2) is 4.06. The molecule has 1 aromatic rings. The summed E-state index contributed by atoms with van der Waals surface area (Å²) in [5.74, 6) is 0.283. The topological polar surface area (TPSA) is 18.5 Å². The summed E-state index contributed by atoms with van der Waals surface area (Å²) in [5, 5.41) is 0. The Hall–Kier alpha value is -0.865. The summed E-state index contributed by atoms with van der Waals surface area (Å²) in [7, 11) is -0.400. The van der Waals surface area contributed by atoms with Gasteiger partial charge in [0.1, 0.15) is 5.82 Å². The van der Waals surface area contributed by atoms with Crippen molar-refractivity contribution in [1.29, 1.82) is 0 Å². The predicted octanol–water partition coefficient (Wildman–Crippen LogP) is 3.00. The van der Waals surface area contributed by atoms with Crippen molar-refractivity contribution in [3.8, 4) is 0 Å². The fourth-order valence-corrected chi connectivity index (χ4v) is 2.40. The molecule has 0 N–H and O–H groups in total. The quantitative estimate of drug-likeness (QED) is 0.763. The maximum atomic E-state index is 13.8. The first-order valence-corrected chi connectivity index (χ1v) is 6.95. The van der Waals surface area contributed by atoms with E-state index < -0.39 is 7.12 Å². The van der Waals surface area contributed by atoms with Crippen LogP contribution in [-0.4, -0.2) is 18.3 Å². The van der Waals surface area contributed by atoms with E-state index in [4.69, 9.17) is 9.31 Å². The molecule has 19 heavy (non-hydrogen) atoms. The smallest absolute Gasteiger partial charge is 0.399 e. The third-order valence-electron chi connectivity index (χ3n) is 4.56. The van der Waals surface area contributed by atoms with Crippen molar-refractivity contribution < 1.29 is 13.7 Å². The lowest BCUT2D eigenvalue weighted by Gasteiger charge is -2.32. The molecule has 3 rings (SSSR count). The number of benzene rings is 1. The van der Waals surface area contributed by atoms with Crippen molar-refractivity contribution in [2.75, 3.05) is 0 Å². The van der Waals surface area contributed by atoms with Crippen LogP contribution in [0.3, 0.4) is 0 Å². The summed E-state index contributed by atoms with van der Waals surface area (Å²) in [6.45, 7) is 8.10. The SMILES string of the molecule is CC1(C)OB(c2ccc(F)c(C3CC3)c2)OC1(C)C. The summed E-state index contributed by atoms with van der Waals surface area (Å²) < 4.78 is 25.8. The van der Waals surface area contributed by atoms with Gasteiger partial charge in [-0.1, -0.05) is 12.1 Å². The molecule has 2 nitrogen and oxygen atoms in total. The summed E-state index contributed by atoms with van der Waals surface area (Å²) in [5.41, 5.74) is 1.02. The molecule has 1 aliphatic heterocycles. The molecule has 0 spiro atoms. The fourth-order valence-electron chi connectivity index (χ4n) is 2.40. The lowest BCUT2D eigenvalue weighted by atomic mass is 9.78. The van der Waals surface area contributed by atoms with E-state index in [-0.39, 0.29) is 17.0 Å². The van der Waals surface area contributed by atoms with E-state index in [1.54, 1.807) is 6.07 Å². The van der Waals surface area contributed by atoms with E-state index in [0.29, 0.717) is 5.92 Å². The lowest BCUT2D eigenvalue weighted by molar-refractivity contribution is 0.00578. The molecule has 0 atom stereocenters. The Bertz CT molecular complexity index is 493. The van der Waals surface area contributed by atoms with Gasteiger partial charge < -0.3 is 9.31 Å². The van der Waals surface area contributed by atoms with Crippen LogP contribution >= 0.6 is 0 Å². The molecular formula is C15H20BFO2. The average molecular weight is 262 g/mol. The van der Waals surface area contributed by atoms with Gasteiger partial charge in [-0.15, -0.1) is 0 Å². The minimum atomic E-state index is -0.400. The monoisotopic (exact) mass is 262 g/mol. The third-order valence-corrected chi connectivity index (χ3v) is 4.56. The highest BCUT2D eigenvalue weighted by Crippen LogP contribution is 2.41. The lowest BCUT2D eigenvalue weighted by Crippen LogP contribution is -2.41. The van der Waals surface area contributed by atoms with Gasteiger partial charge in [0.15, 0.2) is 0 Å². The molecular weight excluding hydrogens is 242 g/mol. The van der Waals surface area contributed by atoms with Gasteiger partial charge in [0.2, 0.25) is 0 Å². The second-order valence-corrected chi connectivity index (χ2v) is 6.64. The molecule has 0 radical (unpaired) electrons. The van der Waals surface area contributed by atoms with Gasteiger partial charge in [-0.05, 0) is 63.5 Å². The van der Waals surface area contributed by atoms with Crippen molar-refractivity contribution in [2.45, 2.75) is 57.7 Å². The van der Waals surface area contributed by atoms with Gasteiger partial charge in [-0.2, -0.15) is 0 Å². The highest BCUT2D eigenvalue weighted by molar-refractivity contribution is 6.62. The predicted molar refractivity (Wildman–Crippen MR) is 74.1 cm³/mol. The van der Waals surface area contributed by atoms with E-state index in [2.05, 4.69) is 0 Å². The van der Waals surface area contributed by atoms with Crippen LogP contribution in [-0.2, 0) is 9.31 Å². The molecule has 4 heteroatoms. The Morgan fingerprint density at radius 2 is 1.68 bits per heavy atom. The van der Waals surface area contributed by atoms with Crippen molar-refractivity contribution in [1.82, 2.24) is 0 Å². The number of hydrogen-bond acceptors (Lipinski definition) is 2. The van der Waals surface area contributed by atoms with E-state index >= 15 is 0 Å². The van der Waals surface area contributed by atoms with Crippen molar-refractivity contribution >= 4 is 12.6 Å². The van der Waals surface area contributed by atoms with Gasteiger partial charge in [0, 0.05) is 0 Å². The Balaban J connectivity index is 1.90. The molecule has 0 bridgehead atoms. The second-order valence-electron chi connectivity index (χ2n) is 6.64. The largest absolute Gasteiger partial charge is 0.494 e. The Morgan fingerprint density at radius 3 is 2.21 bits per heavy atom. The maximum absolute atomic E-state index is 13.8. The van der Waals surface area contributed by atoms with Gasteiger partial charge in [-0.3, -0.25) is 0 Å². The molecule has 0 aromatic heterocycles. The Kier molecular flexibility index (Phi) is 2.81. The van der Waals surface area contributed by atoms with Gasteiger partial charge in [-0.25, -0.2) is 4.39 Å². The molecule has 1 aliphatic carbocycles. The number of halogens is 1. The third kappa shape index (κ3) is 2.21. The molecule has 2 fully saturated rings. The van der Waals surface area contributed by atoms with Crippen LogP contribution in [0.25, 0.3) is 0 Å². The van der Waals surface area contributed by atoms with E-state index in [0.717, 1.165) is 23.9 Å². The van der Waals surface area contributed by atoms with Gasteiger partial charge in [0.05, 0.1) is 11.2 Å². The fraction of sp³-hybridized carbons (Fsp3) is 0.600. The summed E-state index contributed by atoms with van der Waals surface area (Å²) in [6.07, 6.45) is 2.17. The van der Waals surface area contributed by atoms with Crippen LogP contribution in [0.4, 0.5) is 4.39 Å². The molecule has 1 saturated heterocycles. The van der Waals surface area contributed by atoms with Crippen LogP contribution in [0.1, 0.15) is 52.0 Å². The summed E-state index contributed by atoms with van der Waals surface area (Å²) >= 11 is 0. The van der Waals surface area contributed by atoms with E-state index in [1.807, 2.05) is 33.8 Å². The zero-order valence-electron chi connectivity index (χ0n) is 12.0. The molecule has 102 valence electrons. The highest BCUT2D eigenvalue weighted by Gasteiger charge is 2.51. The molecule has 1 heterocycles. The van der Waals surface area contributed by atoms with Crippen LogP contribution in [0, 0.1) is 5.82 Å². The average Bonchev–Trinajstić information content (AvgIpc) is 3.08. The van der Waals surface area contributed by atoms with Crippen LogP contribution < -0.4 is 5.46 Å². The molecule has 1 aromatic carbocycles. The minimum absolute atomic E-state index is 0.109.